The van der Waals surface area contributed by atoms with Gasteiger partial charge in [0.1, 0.15) is 12.4 Å². The van der Waals surface area contributed by atoms with Crippen LogP contribution in [0.4, 0.5) is 0 Å². The van der Waals surface area contributed by atoms with Gasteiger partial charge in [-0.2, -0.15) is 5.10 Å². The molecule has 6 nitrogen and oxygen atoms in total. The predicted molar refractivity (Wildman–Crippen MR) is 115 cm³/mol. The Hall–Kier alpha value is -3.06. The maximum atomic E-state index is 12.0. The van der Waals surface area contributed by atoms with E-state index in [1.54, 1.807) is 25.1 Å². The maximum absolute atomic E-state index is 12.0. The summed E-state index contributed by atoms with van der Waals surface area (Å²) in [5.74, 6) is 1.66. The highest BCUT2D eigenvalue weighted by Crippen LogP contribution is 2.37. The van der Waals surface area contributed by atoms with E-state index in [1.165, 1.54) is 6.21 Å². The number of hydrogen-bond acceptors (Lipinski definition) is 5. The van der Waals surface area contributed by atoms with Crippen LogP contribution in [0.3, 0.4) is 0 Å². The summed E-state index contributed by atoms with van der Waals surface area (Å²) < 4.78 is 17.7. The maximum Gasteiger partial charge on any atom is 0.307 e. The van der Waals surface area contributed by atoms with Crippen LogP contribution in [0.25, 0.3) is 0 Å². The number of halogens is 1. The van der Waals surface area contributed by atoms with E-state index in [4.69, 9.17) is 13.9 Å². The quantitative estimate of drug-likeness (QED) is 0.378. The number of hydrogen-bond donors (Lipinski definition) is 1. The van der Waals surface area contributed by atoms with E-state index in [2.05, 4.69) is 26.5 Å². The minimum atomic E-state index is -0.415. The van der Waals surface area contributed by atoms with Gasteiger partial charge >= 0.3 is 5.91 Å². The third-order valence-corrected chi connectivity index (χ3v) is 4.49. The number of nitrogens with one attached hydrogen (secondary N) is 1. The Kier molecular flexibility index (Phi) is 7.08. The molecule has 0 radical (unpaired) electrons. The molecule has 0 atom stereocenters. The highest BCUT2D eigenvalue weighted by atomic mass is 79.9. The minimum Gasteiger partial charge on any atom is -0.490 e. The number of ether oxygens (including phenoxy) is 2. The largest absolute Gasteiger partial charge is 0.490 e. The normalized spacial score (nSPS) is 10.9. The zero-order chi connectivity index (χ0) is 20.6. The SMILES string of the molecule is CCOc1cc(/C=N\NC(=O)c2ccc(C)o2)cc(Br)c1OCc1ccccc1. The number of benzene rings is 2. The van der Waals surface area contributed by atoms with E-state index < -0.39 is 5.91 Å². The van der Waals surface area contributed by atoms with Gasteiger partial charge in [-0.25, -0.2) is 5.43 Å². The van der Waals surface area contributed by atoms with Crippen molar-refractivity contribution in [2.24, 2.45) is 5.10 Å². The number of rotatable bonds is 8. The molecule has 0 fully saturated rings. The number of furan rings is 1. The van der Waals surface area contributed by atoms with Crippen molar-refractivity contribution in [1.82, 2.24) is 5.43 Å². The first-order chi connectivity index (χ1) is 14.1. The molecule has 1 aromatic heterocycles. The molecule has 29 heavy (non-hydrogen) atoms. The van der Waals surface area contributed by atoms with Gasteiger partial charge in [0.2, 0.25) is 0 Å². The Bertz CT molecular complexity index is 999. The van der Waals surface area contributed by atoms with Crippen molar-refractivity contribution in [1.29, 1.82) is 0 Å². The fraction of sp³-hybridized carbons (Fsp3) is 0.182. The lowest BCUT2D eigenvalue weighted by Gasteiger charge is -2.14. The van der Waals surface area contributed by atoms with E-state index in [9.17, 15) is 4.79 Å². The molecule has 7 heteroatoms. The van der Waals surface area contributed by atoms with E-state index in [0.717, 1.165) is 15.6 Å². The second-order valence-corrected chi connectivity index (χ2v) is 7.00. The van der Waals surface area contributed by atoms with Gasteiger partial charge in [0.05, 0.1) is 17.3 Å². The molecule has 3 aromatic rings. The van der Waals surface area contributed by atoms with Crippen molar-refractivity contribution in [2.75, 3.05) is 6.61 Å². The Balaban J connectivity index is 1.71. The van der Waals surface area contributed by atoms with Gasteiger partial charge in [-0.05, 0) is 65.2 Å². The average Bonchev–Trinajstić information content (AvgIpc) is 3.15. The van der Waals surface area contributed by atoms with E-state index in [-0.39, 0.29) is 5.76 Å². The molecule has 150 valence electrons. The Morgan fingerprint density at radius 3 is 2.66 bits per heavy atom. The van der Waals surface area contributed by atoms with Gasteiger partial charge in [0.25, 0.3) is 0 Å². The van der Waals surface area contributed by atoms with Crippen LogP contribution in [0.15, 0.2) is 68.6 Å². The van der Waals surface area contributed by atoms with Crippen LogP contribution in [-0.2, 0) is 6.61 Å². The summed E-state index contributed by atoms with van der Waals surface area (Å²) in [6, 6.07) is 16.9. The molecule has 0 aliphatic heterocycles. The summed E-state index contributed by atoms with van der Waals surface area (Å²) in [4.78, 5) is 12.0. The van der Waals surface area contributed by atoms with Crippen molar-refractivity contribution in [3.05, 3.63) is 81.7 Å². The number of carbonyl (C=O) groups excluding carboxylic acids is 1. The van der Waals surface area contributed by atoms with Crippen LogP contribution >= 0.6 is 15.9 Å². The molecule has 0 aliphatic carbocycles. The molecule has 0 unspecified atom stereocenters. The predicted octanol–water partition coefficient (Wildman–Crippen LogP) is 5.09. The summed E-state index contributed by atoms with van der Waals surface area (Å²) in [7, 11) is 0. The molecule has 0 saturated heterocycles. The zero-order valence-electron chi connectivity index (χ0n) is 16.1. The number of carbonyl (C=O) groups is 1. The van der Waals surface area contributed by atoms with Gasteiger partial charge in [0.15, 0.2) is 17.3 Å². The van der Waals surface area contributed by atoms with Crippen molar-refractivity contribution in [3.8, 4) is 11.5 Å². The first kappa shape index (κ1) is 20.7. The van der Waals surface area contributed by atoms with E-state index in [0.29, 0.717) is 30.5 Å². The first-order valence-corrected chi connectivity index (χ1v) is 9.89. The van der Waals surface area contributed by atoms with Crippen LogP contribution in [0, 0.1) is 6.92 Å². The molecular formula is C22H21BrN2O4. The highest BCUT2D eigenvalue weighted by molar-refractivity contribution is 9.10. The van der Waals surface area contributed by atoms with E-state index >= 15 is 0 Å². The molecule has 1 amide bonds. The summed E-state index contributed by atoms with van der Waals surface area (Å²) >= 11 is 3.53. The summed E-state index contributed by atoms with van der Waals surface area (Å²) in [6.07, 6.45) is 1.53. The molecular weight excluding hydrogens is 436 g/mol. The summed E-state index contributed by atoms with van der Waals surface area (Å²) in [5.41, 5.74) is 4.24. The third kappa shape index (κ3) is 5.71. The lowest BCUT2D eigenvalue weighted by Crippen LogP contribution is -2.16. The van der Waals surface area contributed by atoms with Crippen molar-refractivity contribution in [2.45, 2.75) is 20.5 Å². The second-order valence-electron chi connectivity index (χ2n) is 6.15. The van der Waals surface area contributed by atoms with Crippen LogP contribution < -0.4 is 14.9 Å². The smallest absolute Gasteiger partial charge is 0.307 e. The number of nitrogens with zero attached hydrogens (tertiary/aromatic N) is 1. The van der Waals surface area contributed by atoms with Crippen molar-refractivity contribution >= 4 is 28.1 Å². The van der Waals surface area contributed by atoms with Crippen molar-refractivity contribution < 1.29 is 18.7 Å². The van der Waals surface area contributed by atoms with E-state index in [1.807, 2.05) is 43.3 Å². The fourth-order valence-corrected chi connectivity index (χ4v) is 3.15. The molecule has 2 aromatic carbocycles. The van der Waals surface area contributed by atoms with Crippen LogP contribution in [-0.4, -0.2) is 18.7 Å². The topological polar surface area (TPSA) is 73.1 Å². The number of aryl methyl sites for hydroxylation is 1. The first-order valence-electron chi connectivity index (χ1n) is 9.09. The number of hydrazone groups is 1. The Morgan fingerprint density at radius 1 is 1.17 bits per heavy atom. The molecule has 0 saturated carbocycles. The van der Waals surface area contributed by atoms with Gasteiger partial charge in [-0.1, -0.05) is 30.3 Å². The molecule has 0 spiro atoms. The molecule has 0 bridgehead atoms. The fourth-order valence-electron chi connectivity index (χ4n) is 2.57. The summed E-state index contributed by atoms with van der Waals surface area (Å²) in [6.45, 7) is 4.59. The third-order valence-electron chi connectivity index (χ3n) is 3.90. The monoisotopic (exact) mass is 456 g/mol. The van der Waals surface area contributed by atoms with Gasteiger partial charge in [0, 0.05) is 0 Å². The average molecular weight is 457 g/mol. The Labute approximate surface area is 177 Å². The van der Waals surface area contributed by atoms with Gasteiger partial charge < -0.3 is 13.9 Å². The van der Waals surface area contributed by atoms with Crippen LogP contribution in [0.2, 0.25) is 0 Å². The lowest BCUT2D eigenvalue weighted by atomic mass is 10.2. The molecule has 0 aliphatic rings. The second kappa shape index (κ2) is 9.93. The lowest BCUT2D eigenvalue weighted by molar-refractivity contribution is 0.0926. The van der Waals surface area contributed by atoms with Crippen LogP contribution in [0.1, 0.15) is 34.4 Å². The van der Waals surface area contributed by atoms with Crippen LogP contribution in [0.5, 0.6) is 11.5 Å². The number of amides is 1. The van der Waals surface area contributed by atoms with Gasteiger partial charge in [-0.3, -0.25) is 4.79 Å². The molecule has 3 rings (SSSR count). The Morgan fingerprint density at radius 2 is 1.97 bits per heavy atom. The zero-order valence-corrected chi connectivity index (χ0v) is 17.7. The summed E-state index contributed by atoms with van der Waals surface area (Å²) in [5, 5.41) is 3.99. The minimum absolute atomic E-state index is 0.209. The molecule has 1 N–H and O–H groups in total. The highest BCUT2D eigenvalue weighted by Gasteiger charge is 2.13. The standard InChI is InChI=1S/C22H21BrN2O4/c1-3-27-20-12-17(13-24-25-22(26)19-10-9-15(2)29-19)11-18(23)21(20)28-14-16-7-5-4-6-8-16/h4-13H,3,14H2,1-2H3,(H,25,26)/b24-13-. The van der Waals surface area contributed by atoms with Crippen molar-refractivity contribution in [3.63, 3.8) is 0 Å². The van der Waals surface area contributed by atoms with Gasteiger partial charge in [-0.15, -0.1) is 0 Å². The molecule has 1 heterocycles.